The maximum atomic E-state index is 10.4. The molecule has 66 valence electrons. The van der Waals surface area contributed by atoms with Crippen molar-refractivity contribution in [3.8, 4) is 0 Å². The largest absolute Gasteiger partial charge is 0.394 e. The van der Waals surface area contributed by atoms with E-state index in [1.807, 2.05) is 0 Å². The topological polar surface area (TPSA) is 98.0 Å². The summed E-state index contributed by atoms with van der Waals surface area (Å²) in [7, 11) is 0. The first-order chi connectivity index (χ1) is 5.11. The lowest BCUT2D eigenvalue weighted by molar-refractivity contribution is -0.126. The summed E-state index contributed by atoms with van der Waals surface area (Å²) in [5.41, 5.74) is 0. The summed E-state index contributed by atoms with van der Waals surface area (Å²) in [5.74, 6) is -0.565. The standard InChI is InChI=1S/C6H12O5/c7-2-4(9)1-5(10)6(11)3-8/h5-8,10-11H,1-3H2. The van der Waals surface area contributed by atoms with Gasteiger partial charge in [0.1, 0.15) is 12.7 Å². The Morgan fingerprint density at radius 2 is 1.73 bits per heavy atom. The third-order valence-corrected chi connectivity index (χ3v) is 1.24. The van der Waals surface area contributed by atoms with Gasteiger partial charge in [-0.15, -0.1) is 0 Å². The quantitative estimate of drug-likeness (QED) is 0.365. The van der Waals surface area contributed by atoms with Crippen molar-refractivity contribution in [1.82, 2.24) is 0 Å². The van der Waals surface area contributed by atoms with Crippen molar-refractivity contribution in [3.05, 3.63) is 0 Å². The zero-order chi connectivity index (χ0) is 8.85. The number of aliphatic hydroxyl groups is 4. The lowest BCUT2D eigenvalue weighted by atomic mass is 10.1. The minimum Gasteiger partial charge on any atom is -0.394 e. The molecule has 0 fully saturated rings. The van der Waals surface area contributed by atoms with Gasteiger partial charge in [0.15, 0.2) is 5.78 Å². The van der Waals surface area contributed by atoms with Gasteiger partial charge in [-0.25, -0.2) is 0 Å². The molecule has 5 heteroatoms. The fourth-order valence-electron chi connectivity index (χ4n) is 0.556. The number of hydrogen-bond donors (Lipinski definition) is 4. The second-order valence-electron chi connectivity index (χ2n) is 2.22. The van der Waals surface area contributed by atoms with Gasteiger partial charge in [-0.3, -0.25) is 4.79 Å². The average molecular weight is 164 g/mol. The molecule has 0 aliphatic heterocycles. The van der Waals surface area contributed by atoms with Crippen molar-refractivity contribution >= 4 is 5.78 Å². The molecule has 4 N–H and O–H groups in total. The van der Waals surface area contributed by atoms with Crippen LogP contribution in [0, 0.1) is 0 Å². The van der Waals surface area contributed by atoms with Gasteiger partial charge in [-0.05, 0) is 0 Å². The van der Waals surface area contributed by atoms with E-state index in [4.69, 9.17) is 20.4 Å². The molecule has 5 nitrogen and oxygen atoms in total. The van der Waals surface area contributed by atoms with Gasteiger partial charge in [0.2, 0.25) is 0 Å². The van der Waals surface area contributed by atoms with E-state index in [-0.39, 0.29) is 6.42 Å². The fraction of sp³-hybridized carbons (Fsp3) is 0.833. The molecule has 0 rings (SSSR count). The van der Waals surface area contributed by atoms with E-state index in [0.717, 1.165) is 0 Å². The molecule has 0 saturated heterocycles. The molecule has 0 aliphatic carbocycles. The maximum absolute atomic E-state index is 10.4. The fourth-order valence-corrected chi connectivity index (χ4v) is 0.556. The summed E-state index contributed by atoms with van der Waals surface area (Å²) in [6, 6.07) is 0. The van der Waals surface area contributed by atoms with Crippen molar-refractivity contribution < 1.29 is 25.2 Å². The van der Waals surface area contributed by atoms with E-state index in [9.17, 15) is 4.79 Å². The number of hydrogen-bond acceptors (Lipinski definition) is 5. The summed E-state index contributed by atoms with van der Waals surface area (Å²) in [5, 5.41) is 34.2. The molecule has 0 bridgehead atoms. The third-order valence-electron chi connectivity index (χ3n) is 1.24. The Bertz CT molecular complexity index is 124. The Morgan fingerprint density at radius 3 is 2.09 bits per heavy atom. The number of Topliss-reactive ketones (excluding diaryl/α,β-unsaturated/α-hetero) is 1. The Hall–Kier alpha value is -0.490. The first kappa shape index (κ1) is 10.5. The van der Waals surface area contributed by atoms with Crippen LogP contribution >= 0.6 is 0 Å². The van der Waals surface area contributed by atoms with E-state index in [1.165, 1.54) is 0 Å². The van der Waals surface area contributed by atoms with E-state index in [2.05, 4.69) is 0 Å². The Balaban J connectivity index is 3.67. The Labute approximate surface area is 63.9 Å². The predicted octanol–water partition coefficient (Wildman–Crippen LogP) is -2.35. The summed E-state index contributed by atoms with van der Waals surface area (Å²) < 4.78 is 0. The predicted molar refractivity (Wildman–Crippen MR) is 35.8 cm³/mol. The molecule has 0 spiro atoms. The van der Waals surface area contributed by atoms with Gasteiger partial charge in [0, 0.05) is 6.42 Å². The third kappa shape index (κ3) is 4.05. The van der Waals surface area contributed by atoms with Gasteiger partial charge in [-0.1, -0.05) is 0 Å². The molecule has 0 aromatic rings. The Morgan fingerprint density at radius 1 is 1.18 bits per heavy atom. The van der Waals surface area contributed by atoms with Crippen molar-refractivity contribution in [1.29, 1.82) is 0 Å². The van der Waals surface area contributed by atoms with Gasteiger partial charge in [0.25, 0.3) is 0 Å². The zero-order valence-corrected chi connectivity index (χ0v) is 5.97. The second-order valence-corrected chi connectivity index (χ2v) is 2.22. The van der Waals surface area contributed by atoms with Crippen LogP contribution in [0.1, 0.15) is 6.42 Å². The van der Waals surface area contributed by atoms with Crippen LogP contribution in [0.25, 0.3) is 0 Å². The highest BCUT2D eigenvalue weighted by Crippen LogP contribution is 1.98. The lowest BCUT2D eigenvalue weighted by Gasteiger charge is -2.13. The van der Waals surface area contributed by atoms with Crippen LogP contribution in [0.5, 0.6) is 0 Å². The smallest absolute Gasteiger partial charge is 0.160 e. The van der Waals surface area contributed by atoms with Gasteiger partial charge in [-0.2, -0.15) is 0 Å². The van der Waals surface area contributed by atoms with Crippen molar-refractivity contribution in [3.63, 3.8) is 0 Å². The van der Waals surface area contributed by atoms with Crippen LogP contribution in [-0.2, 0) is 4.79 Å². The van der Waals surface area contributed by atoms with E-state index < -0.39 is 31.2 Å². The summed E-state index contributed by atoms with van der Waals surface area (Å²) >= 11 is 0. The van der Waals surface area contributed by atoms with Gasteiger partial charge in [0.05, 0.1) is 12.7 Å². The van der Waals surface area contributed by atoms with Gasteiger partial charge < -0.3 is 20.4 Å². The molecule has 2 unspecified atom stereocenters. The average Bonchev–Trinajstić information content (AvgIpc) is 2.02. The second kappa shape index (κ2) is 5.20. The molecule has 0 aliphatic rings. The van der Waals surface area contributed by atoms with Crippen molar-refractivity contribution in [2.45, 2.75) is 18.6 Å². The summed E-state index contributed by atoms with van der Waals surface area (Å²) in [6.07, 6.45) is -2.94. The molecule has 0 amide bonds. The van der Waals surface area contributed by atoms with Crippen LogP contribution in [-0.4, -0.2) is 51.6 Å². The minimum absolute atomic E-state index is 0.335. The van der Waals surface area contributed by atoms with Crippen LogP contribution in [0.2, 0.25) is 0 Å². The van der Waals surface area contributed by atoms with Crippen LogP contribution < -0.4 is 0 Å². The van der Waals surface area contributed by atoms with Crippen LogP contribution in [0.3, 0.4) is 0 Å². The first-order valence-corrected chi connectivity index (χ1v) is 3.21. The minimum atomic E-state index is -1.31. The zero-order valence-electron chi connectivity index (χ0n) is 5.97. The normalized spacial score (nSPS) is 16.0. The van der Waals surface area contributed by atoms with E-state index >= 15 is 0 Å². The SMILES string of the molecule is O=C(CO)CC(O)C(O)CO. The maximum Gasteiger partial charge on any atom is 0.160 e. The number of ketones is 1. The number of carbonyl (C=O) groups is 1. The van der Waals surface area contributed by atoms with Gasteiger partial charge >= 0.3 is 0 Å². The highest BCUT2D eigenvalue weighted by molar-refractivity contribution is 5.79. The van der Waals surface area contributed by atoms with Crippen LogP contribution in [0.4, 0.5) is 0 Å². The number of carbonyl (C=O) groups excluding carboxylic acids is 1. The summed E-state index contributed by atoms with van der Waals surface area (Å²) in [4.78, 5) is 10.4. The molecule has 0 radical (unpaired) electrons. The number of rotatable bonds is 5. The van der Waals surface area contributed by atoms with Crippen LogP contribution in [0.15, 0.2) is 0 Å². The van der Waals surface area contributed by atoms with Crippen molar-refractivity contribution in [2.75, 3.05) is 13.2 Å². The van der Waals surface area contributed by atoms with Crippen molar-refractivity contribution in [2.24, 2.45) is 0 Å². The molecule has 0 saturated carbocycles. The highest BCUT2D eigenvalue weighted by atomic mass is 16.4. The Kier molecular flexibility index (Phi) is 4.97. The molecule has 2 atom stereocenters. The number of aliphatic hydroxyl groups excluding tert-OH is 4. The monoisotopic (exact) mass is 164 g/mol. The first-order valence-electron chi connectivity index (χ1n) is 3.21. The van der Waals surface area contributed by atoms with E-state index in [1.54, 1.807) is 0 Å². The molecular weight excluding hydrogens is 152 g/mol. The van der Waals surface area contributed by atoms with E-state index in [0.29, 0.717) is 0 Å². The highest BCUT2D eigenvalue weighted by Gasteiger charge is 2.17. The summed E-state index contributed by atoms with van der Waals surface area (Å²) in [6.45, 7) is -1.25. The molecule has 0 aromatic heterocycles. The molecule has 11 heavy (non-hydrogen) atoms. The lowest BCUT2D eigenvalue weighted by Crippen LogP contribution is -2.31. The molecule has 0 aromatic carbocycles. The molecule has 0 heterocycles. The molecular formula is C6H12O5.